The first-order valence-corrected chi connectivity index (χ1v) is 12.7. The van der Waals surface area contributed by atoms with Crippen LogP contribution in [0.15, 0.2) is 46.8 Å². The molecule has 40 heavy (non-hydrogen) atoms. The molecule has 1 N–H and O–H groups in total. The summed E-state index contributed by atoms with van der Waals surface area (Å²) in [6.45, 7) is 1.30. The van der Waals surface area contributed by atoms with E-state index < -0.39 is 28.8 Å². The van der Waals surface area contributed by atoms with E-state index in [-0.39, 0.29) is 41.3 Å². The van der Waals surface area contributed by atoms with E-state index in [2.05, 4.69) is 15.0 Å². The van der Waals surface area contributed by atoms with Crippen LogP contribution >= 0.6 is 22.9 Å². The lowest BCUT2D eigenvalue weighted by Gasteiger charge is -2.15. The Hall–Kier alpha value is -4.54. The van der Waals surface area contributed by atoms with Crippen molar-refractivity contribution in [2.24, 2.45) is 0 Å². The number of nitrogens with zero attached hydrogens (tertiary/aromatic N) is 5. The molecular formula is C26H15ClF3N5O4S. The molecule has 0 aliphatic carbocycles. The van der Waals surface area contributed by atoms with Crippen LogP contribution in [0.25, 0.3) is 32.2 Å². The molecule has 0 fully saturated rings. The Morgan fingerprint density at radius 2 is 2.02 bits per heavy atom. The van der Waals surface area contributed by atoms with Gasteiger partial charge in [-0.15, -0.1) is 11.3 Å². The molecule has 202 valence electrons. The fraction of sp³-hybridized carbons (Fsp3) is 0.154. The average molecular weight is 586 g/mol. The Bertz CT molecular complexity index is 1930. The van der Waals surface area contributed by atoms with Crippen molar-refractivity contribution in [3.05, 3.63) is 79.9 Å². The molecule has 0 bridgehead atoms. The van der Waals surface area contributed by atoms with E-state index in [4.69, 9.17) is 16.3 Å². The first-order chi connectivity index (χ1) is 19.0. The third-order valence-corrected chi connectivity index (χ3v) is 7.25. The monoisotopic (exact) mass is 585 g/mol. The highest BCUT2D eigenvalue weighted by atomic mass is 35.5. The highest BCUT2D eigenvalue weighted by Gasteiger charge is 2.32. The van der Waals surface area contributed by atoms with Crippen molar-refractivity contribution < 1.29 is 27.8 Å². The van der Waals surface area contributed by atoms with E-state index in [9.17, 15) is 33.1 Å². The minimum atomic E-state index is -4.71. The maximum Gasteiger partial charge on any atom is 0.416 e. The fourth-order valence-corrected chi connectivity index (χ4v) is 5.42. The van der Waals surface area contributed by atoms with Gasteiger partial charge >= 0.3 is 12.1 Å². The van der Waals surface area contributed by atoms with E-state index in [0.29, 0.717) is 32.4 Å². The second kappa shape index (κ2) is 10.2. The number of ether oxygens (including phenoxy) is 1. The Labute approximate surface area is 231 Å². The van der Waals surface area contributed by atoms with Gasteiger partial charge in [0.25, 0.3) is 5.56 Å². The van der Waals surface area contributed by atoms with Gasteiger partial charge in [-0.3, -0.25) is 14.3 Å². The van der Waals surface area contributed by atoms with E-state index in [0.717, 1.165) is 6.07 Å². The van der Waals surface area contributed by atoms with Gasteiger partial charge in [0, 0.05) is 28.9 Å². The van der Waals surface area contributed by atoms with Crippen molar-refractivity contribution in [1.29, 1.82) is 5.26 Å². The molecule has 0 spiro atoms. The number of carbonyl (C=O) groups is 1. The first-order valence-electron chi connectivity index (χ1n) is 11.4. The van der Waals surface area contributed by atoms with Crippen molar-refractivity contribution >= 4 is 50.0 Å². The summed E-state index contributed by atoms with van der Waals surface area (Å²) in [5, 5.41) is 20.4. The van der Waals surface area contributed by atoms with Crippen LogP contribution in [-0.4, -0.2) is 37.2 Å². The topological polar surface area (TPSA) is 131 Å². The second-order valence-corrected chi connectivity index (χ2v) is 9.80. The van der Waals surface area contributed by atoms with Gasteiger partial charge in [-0.1, -0.05) is 11.6 Å². The number of rotatable bonds is 6. The number of hydrogen-bond donors (Lipinski definition) is 1. The standard InChI is InChI=1S/C26H15ClF3N5O4S/c1-12-34-19-7-14(26(28,29)30)6-13(9-31)20(19)24(36)35(12)4-5-39-23-17(8-15(27)10-33-23)16-2-3-32-21-18(25(37)38)11-40-22(16)21/h2-3,6-8,10-11H,4-5H2,1H3,(H,37,38). The zero-order valence-corrected chi connectivity index (χ0v) is 21.9. The Morgan fingerprint density at radius 3 is 2.73 bits per heavy atom. The Kier molecular flexibility index (Phi) is 6.91. The van der Waals surface area contributed by atoms with Crippen molar-refractivity contribution in [3.8, 4) is 23.1 Å². The molecule has 0 atom stereocenters. The van der Waals surface area contributed by atoms with Crippen LogP contribution in [0.5, 0.6) is 5.88 Å². The molecule has 5 rings (SSSR count). The average Bonchev–Trinajstić information content (AvgIpc) is 3.34. The van der Waals surface area contributed by atoms with Gasteiger partial charge in [-0.2, -0.15) is 18.4 Å². The van der Waals surface area contributed by atoms with Crippen LogP contribution in [0.2, 0.25) is 5.02 Å². The van der Waals surface area contributed by atoms with E-state index in [1.807, 2.05) is 0 Å². The largest absolute Gasteiger partial charge is 0.478 e. The normalized spacial score (nSPS) is 11.6. The third kappa shape index (κ3) is 4.83. The summed E-state index contributed by atoms with van der Waals surface area (Å²) in [4.78, 5) is 37.4. The molecule has 0 radical (unpaired) electrons. The summed E-state index contributed by atoms with van der Waals surface area (Å²) in [6.07, 6.45) is -1.88. The molecule has 9 nitrogen and oxygen atoms in total. The fourth-order valence-electron chi connectivity index (χ4n) is 4.24. The molecule has 0 aliphatic rings. The number of thiophene rings is 1. The molecule has 0 saturated heterocycles. The Morgan fingerprint density at radius 1 is 1.25 bits per heavy atom. The molecule has 1 aromatic carbocycles. The molecule has 5 aromatic rings. The number of fused-ring (bicyclic) bond motifs is 2. The van der Waals surface area contributed by atoms with Gasteiger partial charge < -0.3 is 9.84 Å². The van der Waals surface area contributed by atoms with Crippen molar-refractivity contribution in [2.75, 3.05) is 6.61 Å². The van der Waals surface area contributed by atoms with Gasteiger partial charge in [0.2, 0.25) is 5.88 Å². The number of carboxylic acid groups (broad SMARTS) is 1. The van der Waals surface area contributed by atoms with Crippen LogP contribution in [0.4, 0.5) is 13.2 Å². The number of hydrogen-bond acceptors (Lipinski definition) is 8. The van der Waals surface area contributed by atoms with Crippen LogP contribution in [0, 0.1) is 18.3 Å². The maximum atomic E-state index is 13.3. The van der Waals surface area contributed by atoms with Crippen LogP contribution in [0.1, 0.15) is 27.3 Å². The lowest BCUT2D eigenvalue weighted by Crippen LogP contribution is -2.27. The third-order valence-electron chi connectivity index (χ3n) is 6.04. The van der Waals surface area contributed by atoms with E-state index in [1.54, 1.807) is 18.2 Å². The zero-order valence-electron chi connectivity index (χ0n) is 20.3. The smallest absolute Gasteiger partial charge is 0.416 e. The van der Waals surface area contributed by atoms with Gasteiger partial charge in [0.05, 0.1) is 49.4 Å². The minimum Gasteiger partial charge on any atom is -0.478 e. The number of aromatic nitrogens is 4. The van der Waals surface area contributed by atoms with Crippen LogP contribution < -0.4 is 10.3 Å². The van der Waals surface area contributed by atoms with Gasteiger partial charge in [-0.25, -0.2) is 14.8 Å². The molecule has 0 unspecified atom stereocenters. The molecule has 4 heterocycles. The molecule has 0 amide bonds. The van der Waals surface area contributed by atoms with Crippen molar-refractivity contribution in [2.45, 2.75) is 19.6 Å². The number of aryl methyl sites for hydroxylation is 1. The highest BCUT2D eigenvalue weighted by Crippen LogP contribution is 2.38. The maximum absolute atomic E-state index is 13.3. The summed E-state index contributed by atoms with van der Waals surface area (Å²) in [5.74, 6) is -0.839. The summed E-state index contributed by atoms with van der Waals surface area (Å²) in [6, 6.07) is 6.30. The van der Waals surface area contributed by atoms with Crippen LogP contribution in [-0.2, 0) is 12.7 Å². The summed E-state index contributed by atoms with van der Waals surface area (Å²) in [7, 11) is 0. The SMILES string of the molecule is Cc1nc2cc(C(F)(F)F)cc(C#N)c2c(=O)n1CCOc1ncc(Cl)cc1-c1ccnc2c(C(=O)O)csc12. The van der Waals surface area contributed by atoms with Crippen LogP contribution in [0.3, 0.4) is 0 Å². The first kappa shape index (κ1) is 27.0. The van der Waals surface area contributed by atoms with E-state index >= 15 is 0 Å². The molecular weight excluding hydrogens is 571 g/mol. The summed E-state index contributed by atoms with van der Waals surface area (Å²) in [5.41, 5.74) is -1.02. The second-order valence-electron chi connectivity index (χ2n) is 8.49. The van der Waals surface area contributed by atoms with Gasteiger partial charge in [0.15, 0.2) is 0 Å². The zero-order chi connectivity index (χ0) is 28.8. The predicted molar refractivity (Wildman–Crippen MR) is 141 cm³/mol. The Balaban J connectivity index is 1.49. The summed E-state index contributed by atoms with van der Waals surface area (Å²) < 4.78 is 47.5. The number of aromatic carboxylic acids is 1. The van der Waals surface area contributed by atoms with Crippen molar-refractivity contribution in [3.63, 3.8) is 0 Å². The molecule has 0 saturated carbocycles. The molecule has 14 heteroatoms. The lowest BCUT2D eigenvalue weighted by atomic mass is 10.1. The van der Waals surface area contributed by atoms with E-state index in [1.165, 1.54) is 40.6 Å². The molecule has 4 aromatic heterocycles. The highest BCUT2D eigenvalue weighted by molar-refractivity contribution is 7.18. The van der Waals surface area contributed by atoms with Gasteiger partial charge in [-0.05, 0) is 31.2 Å². The number of alkyl halides is 3. The lowest BCUT2D eigenvalue weighted by molar-refractivity contribution is -0.137. The number of pyridine rings is 2. The number of halogens is 4. The predicted octanol–water partition coefficient (Wildman–Crippen LogP) is 5.70. The minimum absolute atomic E-state index is 0.0528. The summed E-state index contributed by atoms with van der Waals surface area (Å²) >= 11 is 7.38. The number of benzene rings is 1. The number of carboxylic acids is 1. The van der Waals surface area contributed by atoms with Gasteiger partial charge in [0.1, 0.15) is 18.5 Å². The molecule has 0 aliphatic heterocycles. The van der Waals surface area contributed by atoms with Crippen molar-refractivity contribution in [1.82, 2.24) is 19.5 Å². The quantitative estimate of drug-likeness (QED) is 0.269. The number of nitriles is 1.